The average Bonchev–Trinajstić information content (AvgIpc) is 2.66. The molecule has 2 aromatic carbocycles. The normalized spacial score (nSPS) is 21.1. The van der Waals surface area contributed by atoms with Crippen molar-refractivity contribution in [2.24, 2.45) is 0 Å². The molecule has 0 amide bonds. The minimum atomic E-state index is -3.59. The summed E-state index contributed by atoms with van der Waals surface area (Å²) in [6, 6.07) is 17.0. The minimum Gasteiger partial charge on any atom is -0.207 e. The lowest BCUT2D eigenvalue weighted by atomic mass is 9.92. The molecule has 4 heteroatoms. The van der Waals surface area contributed by atoms with Crippen molar-refractivity contribution < 1.29 is 8.42 Å². The van der Waals surface area contributed by atoms with Gasteiger partial charge in [-0.2, -0.15) is 4.31 Å². The molecule has 0 saturated carbocycles. The van der Waals surface area contributed by atoms with E-state index in [-0.39, 0.29) is 12.1 Å². The average molecular weight is 384 g/mol. The van der Waals surface area contributed by atoms with Gasteiger partial charge in [0.1, 0.15) is 0 Å². The van der Waals surface area contributed by atoms with Crippen LogP contribution in [0.5, 0.6) is 0 Å². The predicted octanol–water partition coefficient (Wildman–Crippen LogP) is 5.64. The highest BCUT2D eigenvalue weighted by molar-refractivity contribution is 7.89. The molecule has 144 valence electrons. The zero-order chi connectivity index (χ0) is 19.4. The molecule has 0 aliphatic carbocycles. The van der Waals surface area contributed by atoms with Crippen molar-refractivity contribution >= 4 is 10.0 Å². The van der Waals surface area contributed by atoms with E-state index < -0.39 is 10.0 Å². The molecule has 27 heavy (non-hydrogen) atoms. The first-order chi connectivity index (χ1) is 12.9. The highest BCUT2D eigenvalue weighted by Gasteiger charge is 2.39. The number of rotatable bonds is 6. The second-order valence-electron chi connectivity index (χ2n) is 7.50. The lowest BCUT2D eigenvalue weighted by Crippen LogP contribution is -2.44. The number of aryl methyl sites for hydroxylation is 1. The summed E-state index contributed by atoms with van der Waals surface area (Å²) in [5, 5.41) is 0. The maximum absolute atomic E-state index is 13.7. The van der Waals surface area contributed by atoms with Gasteiger partial charge in [0.2, 0.25) is 10.0 Å². The van der Waals surface area contributed by atoms with Crippen LogP contribution in [-0.4, -0.2) is 18.8 Å². The summed E-state index contributed by atoms with van der Waals surface area (Å²) < 4.78 is 29.1. The maximum atomic E-state index is 13.7. The van der Waals surface area contributed by atoms with Crippen LogP contribution >= 0.6 is 0 Å². The molecule has 0 N–H and O–H groups in total. The van der Waals surface area contributed by atoms with Crippen LogP contribution < -0.4 is 0 Å². The smallest absolute Gasteiger partial charge is 0.207 e. The van der Waals surface area contributed by atoms with Crippen molar-refractivity contribution in [1.29, 1.82) is 0 Å². The summed E-state index contributed by atoms with van der Waals surface area (Å²) in [6.45, 7) is 6.23. The molecular formula is C23H29NO2S. The van der Waals surface area contributed by atoms with Crippen molar-refractivity contribution in [3.05, 3.63) is 77.4 Å². The van der Waals surface area contributed by atoms with Gasteiger partial charge in [-0.3, -0.25) is 0 Å². The quantitative estimate of drug-likeness (QED) is 0.606. The van der Waals surface area contributed by atoms with Gasteiger partial charge in [0.05, 0.1) is 10.9 Å². The fourth-order valence-corrected chi connectivity index (χ4v) is 5.62. The van der Waals surface area contributed by atoms with Crippen LogP contribution in [-0.2, 0) is 10.0 Å². The molecule has 2 atom stereocenters. The molecular weight excluding hydrogens is 354 g/mol. The molecule has 0 unspecified atom stereocenters. The van der Waals surface area contributed by atoms with Crippen molar-refractivity contribution in [2.75, 3.05) is 0 Å². The van der Waals surface area contributed by atoms with Crippen LogP contribution in [0, 0.1) is 6.92 Å². The topological polar surface area (TPSA) is 37.4 Å². The van der Waals surface area contributed by atoms with E-state index in [1.54, 1.807) is 16.4 Å². The van der Waals surface area contributed by atoms with E-state index in [9.17, 15) is 8.42 Å². The molecule has 0 radical (unpaired) electrons. The Morgan fingerprint density at radius 3 is 2.30 bits per heavy atom. The van der Waals surface area contributed by atoms with Gasteiger partial charge in [0.15, 0.2) is 0 Å². The van der Waals surface area contributed by atoms with Gasteiger partial charge in [-0.05, 0) is 44.4 Å². The zero-order valence-electron chi connectivity index (χ0n) is 16.4. The second-order valence-corrected chi connectivity index (χ2v) is 9.34. The number of nitrogens with zero attached hydrogens (tertiary/aromatic N) is 1. The van der Waals surface area contributed by atoms with E-state index in [1.807, 2.05) is 49.4 Å². The van der Waals surface area contributed by atoms with E-state index in [0.29, 0.717) is 4.90 Å². The van der Waals surface area contributed by atoms with Crippen LogP contribution in [0.2, 0.25) is 0 Å². The van der Waals surface area contributed by atoms with Crippen LogP contribution in [0.3, 0.4) is 0 Å². The van der Waals surface area contributed by atoms with E-state index in [2.05, 4.69) is 19.9 Å². The Labute approximate surface area is 163 Å². The third-order valence-electron chi connectivity index (χ3n) is 5.26. The Balaban J connectivity index is 2.09. The number of sulfonamides is 1. The largest absolute Gasteiger partial charge is 0.244 e. The van der Waals surface area contributed by atoms with E-state index in [4.69, 9.17) is 0 Å². The Bertz CT molecular complexity index is 886. The second kappa shape index (κ2) is 8.41. The third-order valence-corrected chi connectivity index (χ3v) is 7.21. The van der Waals surface area contributed by atoms with Crippen molar-refractivity contribution in [1.82, 2.24) is 4.31 Å². The van der Waals surface area contributed by atoms with Crippen LogP contribution in [0.4, 0.5) is 0 Å². The summed E-state index contributed by atoms with van der Waals surface area (Å²) in [6.07, 6.45) is 5.80. The van der Waals surface area contributed by atoms with Gasteiger partial charge < -0.3 is 0 Å². The Kier molecular flexibility index (Phi) is 6.18. The van der Waals surface area contributed by atoms with Crippen molar-refractivity contribution in [3.8, 4) is 0 Å². The summed E-state index contributed by atoms with van der Waals surface area (Å²) >= 11 is 0. The first-order valence-electron chi connectivity index (χ1n) is 9.76. The van der Waals surface area contributed by atoms with Crippen LogP contribution in [0.1, 0.15) is 56.7 Å². The molecule has 3 nitrogen and oxygen atoms in total. The zero-order valence-corrected chi connectivity index (χ0v) is 17.2. The van der Waals surface area contributed by atoms with Gasteiger partial charge in [-0.15, -0.1) is 0 Å². The molecule has 3 rings (SSSR count). The molecule has 0 fully saturated rings. The Morgan fingerprint density at radius 1 is 1.00 bits per heavy atom. The first kappa shape index (κ1) is 19.8. The SMILES string of the molecule is CCCC[C@H]1C=C(C)C[C@@H](c2ccccc2)N1S(=O)(=O)c1ccc(C)cc1. The van der Waals surface area contributed by atoms with E-state index >= 15 is 0 Å². The number of hydrogen-bond donors (Lipinski definition) is 0. The highest BCUT2D eigenvalue weighted by Crippen LogP contribution is 2.39. The van der Waals surface area contributed by atoms with Crippen LogP contribution in [0.25, 0.3) is 0 Å². The van der Waals surface area contributed by atoms with Gasteiger partial charge in [-0.1, -0.05) is 79.4 Å². The lowest BCUT2D eigenvalue weighted by molar-refractivity contribution is 0.251. The van der Waals surface area contributed by atoms with Gasteiger partial charge >= 0.3 is 0 Å². The highest BCUT2D eigenvalue weighted by atomic mass is 32.2. The standard InChI is InChI=1S/C23H29NO2S/c1-4-5-11-21-16-19(3)17-23(20-9-7-6-8-10-20)24(21)27(25,26)22-14-12-18(2)13-15-22/h6-10,12-16,21,23H,4-5,11,17H2,1-3H3/t21-,23-/m0/s1. The molecule has 1 heterocycles. The molecule has 0 spiro atoms. The Hall–Kier alpha value is -1.91. The summed E-state index contributed by atoms with van der Waals surface area (Å²) in [7, 11) is -3.59. The fourth-order valence-electron chi connectivity index (χ4n) is 3.84. The van der Waals surface area contributed by atoms with Crippen molar-refractivity contribution in [3.63, 3.8) is 0 Å². The molecule has 0 aromatic heterocycles. The molecule has 0 bridgehead atoms. The fraction of sp³-hybridized carbons (Fsp3) is 0.391. The summed E-state index contributed by atoms with van der Waals surface area (Å²) in [5.41, 5.74) is 3.38. The van der Waals surface area contributed by atoms with Gasteiger partial charge in [0, 0.05) is 6.04 Å². The maximum Gasteiger partial charge on any atom is 0.244 e. The summed E-state index contributed by atoms with van der Waals surface area (Å²) in [4.78, 5) is 0.378. The number of benzene rings is 2. The molecule has 1 aliphatic heterocycles. The Morgan fingerprint density at radius 2 is 1.67 bits per heavy atom. The van der Waals surface area contributed by atoms with Gasteiger partial charge in [0.25, 0.3) is 0 Å². The summed E-state index contributed by atoms with van der Waals surface area (Å²) in [5.74, 6) is 0. The monoisotopic (exact) mass is 383 g/mol. The number of unbranched alkanes of at least 4 members (excludes halogenated alkanes) is 1. The van der Waals surface area contributed by atoms with Gasteiger partial charge in [-0.25, -0.2) is 8.42 Å². The molecule has 1 aliphatic rings. The number of hydrogen-bond acceptors (Lipinski definition) is 2. The molecule has 2 aromatic rings. The lowest BCUT2D eigenvalue weighted by Gasteiger charge is -2.40. The third kappa shape index (κ3) is 4.33. The van der Waals surface area contributed by atoms with Crippen molar-refractivity contribution in [2.45, 2.75) is 63.4 Å². The molecule has 0 saturated heterocycles. The minimum absolute atomic E-state index is 0.102. The predicted molar refractivity (Wildman–Crippen MR) is 111 cm³/mol. The van der Waals surface area contributed by atoms with E-state index in [1.165, 1.54) is 5.57 Å². The van der Waals surface area contributed by atoms with E-state index in [0.717, 1.165) is 36.8 Å². The first-order valence-corrected chi connectivity index (χ1v) is 11.2. The van der Waals surface area contributed by atoms with Crippen LogP contribution in [0.15, 0.2) is 71.1 Å².